The Balaban J connectivity index is 1.87. The fraction of sp³-hybridized carbons (Fsp3) is 0.261. The number of nitrogens with zero attached hydrogens (tertiary/aromatic N) is 3. The third kappa shape index (κ3) is 4.09. The first kappa shape index (κ1) is 22.5. The fourth-order valence-electron chi connectivity index (χ4n) is 3.86. The topological polar surface area (TPSA) is 99.5 Å². The van der Waals surface area contributed by atoms with Crippen LogP contribution in [0.4, 0.5) is 11.6 Å². The highest BCUT2D eigenvalue weighted by molar-refractivity contribution is 7.98. The molecule has 3 aromatic rings. The zero-order chi connectivity index (χ0) is 23.5. The smallest absolute Gasteiger partial charge is 0.255 e. The molecular formula is C23H25N5O4S. The number of para-hydroxylation sites is 3. The van der Waals surface area contributed by atoms with Gasteiger partial charge in [0.25, 0.3) is 5.91 Å². The highest BCUT2D eigenvalue weighted by Crippen LogP contribution is 2.43. The maximum Gasteiger partial charge on any atom is 0.255 e. The number of methoxy groups -OCH3 is 3. The van der Waals surface area contributed by atoms with Crippen LogP contribution in [0.3, 0.4) is 0 Å². The van der Waals surface area contributed by atoms with Crippen LogP contribution in [0, 0.1) is 0 Å². The van der Waals surface area contributed by atoms with Crippen LogP contribution in [0.25, 0.3) is 0 Å². The van der Waals surface area contributed by atoms with Crippen LogP contribution >= 0.6 is 11.8 Å². The maximum atomic E-state index is 13.7. The molecule has 0 saturated carbocycles. The molecule has 10 heteroatoms. The number of thioether (sulfide) groups is 1. The molecule has 2 heterocycles. The van der Waals surface area contributed by atoms with Crippen molar-refractivity contribution in [3.63, 3.8) is 0 Å². The van der Waals surface area contributed by atoms with E-state index in [2.05, 4.69) is 20.7 Å². The number of amides is 1. The van der Waals surface area contributed by atoms with Gasteiger partial charge in [-0.2, -0.15) is 4.98 Å². The first-order valence-electron chi connectivity index (χ1n) is 10.2. The normalized spacial score (nSPS) is 14.9. The molecule has 0 fully saturated rings. The molecule has 1 aromatic heterocycles. The van der Waals surface area contributed by atoms with Gasteiger partial charge < -0.3 is 24.8 Å². The number of hydrogen-bond donors (Lipinski definition) is 2. The number of carbonyl (C=O) groups excluding carboxylic acids is 1. The number of ether oxygens (including phenoxy) is 3. The summed E-state index contributed by atoms with van der Waals surface area (Å²) in [4.78, 5) is 18.2. The van der Waals surface area contributed by atoms with Crippen LogP contribution in [0.2, 0.25) is 0 Å². The van der Waals surface area contributed by atoms with E-state index in [-0.39, 0.29) is 5.91 Å². The molecule has 0 aliphatic carbocycles. The second kappa shape index (κ2) is 9.45. The van der Waals surface area contributed by atoms with Crippen molar-refractivity contribution in [3.05, 3.63) is 59.3 Å². The van der Waals surface area contributed by atoms with Crippen LogP contribution in [-0.4, -0.2) is 48.3 Å². The number of allylic oxidation sites excluding steroid dienone is 1. The van der Waals surface area contributed by atoms with Gasteiger partial charge in [-0.05, 0) is 31.4 Å². The zero-order valence-corrected chi connectivity index (χ0v) is 19.8. The second-order valence-electron chi connectivity index (χ2n) is 7.17. The number of rotatable bonds is 7. The highest BCUT2D eigenvalue weighted by atomic mass is 32.2. The second-order valence-corrected chi connectivity index (χ2v) is 7.94. The number of carbonyl (C=O) groups is 1. The third-order valence-corrected chi connectivity index (χ3v) is 5.88. The number of benzene rings is 2. The van der Waals surface area contributed by atoms with Crippen LogP contribution in [0.5, 0.6) is 17.2 Å². The number of fused-ring (bicyclic) bond motifs is 1. The Hall–Kier alpha value is -3.66. The molecule has 2 aromatic carbocycles. The van der Waals surface area contributed by atoms with Gasteiger partial charge in [0, 0.05) is 11.3 Å². The summed E-state index contributed by atoms with van der Waals surface area (Å²) in [7, 11) is 4.71. The van der Waals surface area contributed by atoms with Crippen molar-refractivity contribution in [3.8, 4) is 17.2 Å². The fourth-order valence-corrected chi connectivity index (χ4v) is 4.21. The molecule has 0 bridgehead atoms. The molecule has 1 aliphatic heterocycles. The zero-order valence-electron chi connectivity index (χ0n) is 19.0. The number of hydrogen-bond acceptors (Lipinski definition) is 8. The molecule has 1 amide bonds. The summed E-state index contributed by atoms with van der Waals surface area (Å²) in [6.07, 6.45) is 1.90. The minimum atomic E-state index is -0.602. The van der Waals surface area contributed by atoms with Gasteiger partial charge in [-0.15, -0.1) is 5.10 Å². The molecule has 1 atom stereocenters. The summed E-state index contributed by atoms with van der Waals surface area (Å²) in [5.74, 6) is 1.89. The van der Waals surface area contributed by atoms with E-state index < -0.39 is 6.04 Å². The van der Waals surface area contributed by atoms with Gasteiger partial charge >= 0.3 is 0 Å². The highest BCUT2D eigenvalue weighted by Gasteiger charge is 2.36. The van der Waals surface area contributed by atoms with Crippen LogP contribution < -0.4 is 24.8 Å². The number of nitrogens with one attached hydrogen (secondary N) is 2. The summed E-state index contributed by atoms with van der Waals surface area (Å²) in [6, 6.07) is 12.2. The molecule has 33 heavy (non-hydrogen) atoms. The molecule has 172 valence electrons. The number of aromatic nitrogens is 3. The van der Waals surface area contributed by atoms with E-state index in [1.165, 1.54) is 11.8 Å². The quantitative estimate of drug-likeness (QED) is 0.504. The van der Waals surface area contributed by atoms with Gasteiger partial charge in [-0.3, -0.25) is 4.79 Å². The summed E-state index contributed by atoms with van der Waals surface area (Å²) in [5, 5.41) is 11.4. The average molecular weight is 468 g/mol. The lowest BCUT2D eigenvalue weighted by Gasteiger charge is -2.30. The molecule has 1 aliphatic rings. The van der Waals surface area contributed by atoms with E-state index in [4.69, 9.17) is 14.2 Å². The standard InChI is InChI=1S/C23H25N5O4S/c1-13-18(21(29)25-15-10-6-7-11-16(15)30-2)19(28-22(24-13)26-23(27-28)33-5)14-9-8-12-17(31-3)20(14)32-4/h6-12,19H,1-5H3,(H,25,29)(H,24,26,27). The van der Waals surface area contributed by atoms with Crippen LogP contribution in [0.1, 0.15) is 18.5 Å². The lowest BCUT2D eigenvalue weighted by Crippen LogP contribution is -2.31. The minimum absolute atomic E-state index is 0.300. The summed E-state index contributed by atoms with van der Waals surface area (Å²) < 4.78 is 18.3. The predicted octanol–water partition coefficient (Wildman–Crippen LogP) is 3.95. The predicted molar refractivity (Wildman–Crippen MR) is 127 cm³/mol. The molecule has 2 N–H and O–H groups in total. The Morgan fingerprint density at radius 2 is 1.79 bits per heavy atom. The lowest BCUT2D eigenvalue weighted by molar-refractivity contribution is -0.113. The summed E-state index contributed by atoms with van der Waals surface area (Å²) >= 11 is 1.42. The van der Waals surface area contributed by atoms with Gasteiger partial charge in [0.15, 0.2) is 11.5 Å². The van der Waals surface area contributed by atoms with Crippen LogP contribution in [-0.2, 0) is 4.79 Å². The Morgan fingerprint density at radius 1 is 1.06 bits per heavy atom. The monoisotopic (exact) mass is 467 g/mol. The van der Waals surface area contributed by atoms with E-state index >= 15 is 0 Å². The largest absolute Gasteiger partial charge is 0.495 e. The molecule has 0 spiro atoms. The Kier molecular flexibility index (Phi) is 6.45. The van der Waals surface area contributed by atoms with Gasteiger partial charge in [0.2, 0.25) is 11.1 Å². The van der Waals surface area contributed by atoms with Crippen molar-refractivity contribution in [1.29, 1.82) is 0 Å². The van der Waals surface area contributed by atoms with E-state index in [0.29, 0.717) is 45.3 Å². The lowest BCUT2D eigenvalue weighted by atomic mass is 9.94. The van der Waals surface area contributed by atoms with Crippen molar-refractivity contribution in [2.75, 3.05) is 38.2 Å². The third-order valence-electron chi connectivity index (χ3n) is 5.34. The van der Waals surface area contributed by atoms with Crippen molar-refractivity contribution in [1.82, 2.24) is 14.8 Å². The summed E-state index contributed by atoms with van der Waals surface area (Å²) in [5.41, 5.74) is 2.42. The van der Waals surface area contributed by atoms with Crippen molar-refractivity contribution >= 4 is 29.3 Å². The average Bonchev–Trinajstić information content (AvgIpc) is 3.25. The minimum Gasteiger partial charge on any atom is -0.495 e. The SMILES string of the molecule is COc1ccccc1NC(=O)C1=C(C)Nc2nc(SC)nn2C1c1cccc(OC)c1OC. The number of anilines is 2. The van der Waals surface area contributed by atoms with Gasteiger partial charge in [-0.1, -0.05) is 36.0 Å². The molecule has 1 unspecified atom stereocenters. The van der Waals surface area contributed by atoms with E-state index in [1.807, 2.05) is 43.5 Å². The maximum absolute atomic E-state index is 13.7. The van der Waals surface area contributed by atoms with Crippen molar-refractivity contribution in [2.45, 2.75) is 18.1 Å². The van der Waals surface area contributed by atoms with Crippen molar-refractivity contribution < 1.29 is 19.0 Å². The molecule has 0 radical (unpaired) electrons. The molecule has 4 rings (SSSR count). The molecular weight excluding hydrogens is 442 g/mol. The molecule has 9 nitrogen and oxygen atoms in total. The first-order chi connectivity index (χ1) is 16.0. The Labute approximate surface area is 196 Å². The van der Waals surface area contributed by atoms with Crippen LogP contribution in [0.15, 0.2) is 58.9 Å². The van der Waals surface area contributed by atoms with Crippen molar-refractivity contribution in [2.24, 2.45) is 0 Å². The van der Waals surface area contributed by atoms with E-state index in [1.54, 1.807) is 38.1 Å². The van der Waals surface area contributed by atoms with E-state index in [9.17, 15) is 4.79 Å². The van der Waals surface area contributed by atoms with Gasteiger partial charge in [0.1, 0.15) is 11.8 Å². The Morgan fingerprint density at radius 3 is 2.48 bits per heavy atom. The Bertz CT molecular complexity index is 1220. The summed E-state index contributed by atoms with van der Waals surface area (Å²) in [6.45, 7) is 1.84. The first-order valence-corrected chi connectivity index (χ1v) is 11.4. The van der Waals surface area contributed by atoms with Gasteiger partial charge in [0.05, 0.1) is 32.6 Å². The van der Waals surface area contributed by atoms with Gasteiger partial charge in [-0.25, -0.2) is 4.68 Å². The van der Waals surface area contributed by atoms with E-state index in [0.717, 1.165) is 5.56 Å². The molecule has 0 saturated heterocycles.